The maximum Gasteiger partial charge on any atom is 0.247 e. The molecule has 0 N–H and O–H groups in total. The summed E-state index contributed by atoms with van der Waals surface area (Å²) in [7, 11) is 3.24. The van der Waals surface area contributed by atoms with E-state index >= 15 is 0 Å². The average molecular weight is 274 g/mol. The molecule has 1 amide bonds. The van der Waals surface area contributed by atoms with Crippen LogP contribution in [0.2, 0.25) is 0 Å². The van der Waals surface area contributed by atoms with Crippen LogP contribution in [0.3, 0.4) is 0 Å². The third-order valence-corrected chi connectivity index (χ3v) is 3.72. The predicted octanol–water partition coefficient (Wildman–Crippen LogP) is 1.98. The zero-order chi connectivity index (χ0) is 14.6. The molecule has 0 aromatic heterocycles. The lowest BCUT2D eigenvalue weighted by molar-refractivity contribution is -0.129. The maximum atomic E-state index is 12.7. The SMILES string of the molecule is COc1ccccc1N(C)C(=O)C1(C#N)CCOCC1. The number of nitrogens with zero attached hydrogens (tertiary/aromatic N) is 2. The van der Waals surface area contributed by atoms with E-state index < -0.39 is 5.41 Å². The number of hydrogen-bond acceptors (Lipinski definition) is 4. The van der Waals surface area contributed by atoms with Gasteiger partial charge in [0.25, 0.3) is 0 Å². The van der Waals surface area contributed by atoms with Crippen LogP contribution in [0.5, 0.6) is 5.75 Å². The van der Waals surface area contributed by atoms with Gasteiger partial charge in [0.15, 0.2) is 0 Å². The number of ether oxygens (including phenoxy) is 2. The van der Waals surface area contributed by atoms with Gasteiger partial charge in [-0.2, -0.15) is 5.26 Å². The highest BCUT2D eigenvalue weighted by molar-refractivity contribution is 6.00. The van der Waals surface area contributed by atoms with Gasteiger partial charge in [-0.25, -0.2) is 0 Å². The Balaban J connectivity index is 2.30. The molecule has 0 unspecified atom stereocenters. The highest BCUT2D eigenvalue weighted by Crippen LogP contribution is 2.35. The monoisotopic (exact) mass is 274 g/mol. The van der Waals surface area contributed by atoms with Crippen molar-refractivity contribution in [2.45, 2.75) is 12.8 Å². The van der Waals surface area contributed by atoms with Crippen LogP contribution < -0.4 is 9.64 Å². The summed E-state index contributed by atoms with van der Waals surface area (Å²) in [4.78, 5) is 14.2. The molecule has 5 nitrogen and oxygen atoms in total. The Labute approximate surface area is 118 Å². The minimum atomic E-state index is -0.992. The number of benzene rings is 1. The molecule has 20 heavy (non-hydrogen) atoms. The number of para-hydroxylation sites is 2. The Bertz CT molecular complexity index is 530. The van der Waals surface area contributed by atoms with Crippen molar-refractivity contribution in [2.75, 3.05) is 32.3 Å². The minimum absolute atomic E-state index is 0.201. The normalized spacial score (nSPS) is 17.1. The van der Waals surface area contributed by atoms with Crippen molar-refractivity contribution in [1.82, 2.24) is 0 Å². The number of carbonyl (C=O) groups is 1. The molecule has 0 spiro atoms. The number of nitriles is 1. The molecule has 1 aliphatic rings. The van der Waals surface area contributed by atoms with Crippen LogP contribution in [0, 0.1) is 16.7 Å². The first-order valence-corrected chi connectivity index (χ1v) is 6.55. The van der Waals surface area contributed by atoms with Crippen LogP contribution in [0.1, 0.15) is 12.8 Å². The van der Waals surface area contributed by atoms with Crippen molar-refractivity contribution in [3.63, 3.8) is 0 Å². The molecule has 0 radical (unpaired) electrons. The van der Waals surface area contributed by atoms with E-state index in [4.69, 9.17) is 9.47 Å². The molecule has 1 heterocycles. The van der Waals surface area contributed by atoms with E-state index in [9.17, 15) is 10.1 Å². The molecule has 1 fully saturated rings. The summed E-state index contributed by atoms with van der Waals surface area (Å²) in [5.41, 5.74) is -0.325. The number of rotatable bonds is 3. The Morgan fingerprint density at radius 1 is 1.40 bits per heavy atom. The summed E-state index contributed by atoms with van der Waals surface area (Å²) < 4.78 is 10.5. The summed E-state index contributed by atoms with van der Waals surface area (Å²) in [5.74, 6) is 0.413. The number of methoxy groups -OCH3 is 1. The van der Waals surface area contributed by atoms with Gasteiger partial charge in [0.1, 0.15) is 11.2 Å². The van der Waals surface area contributed by atoms with Gasteiger partial charge in [0.05, 0.1) is 18.9 Å². The molecular weight excluding hydrogens is 256 g/mol. The summed E-state index contributed by atoms with van der Waals surface area (Å²) >= 11 is 0. The standard InChI is InChI=1S/C15H18N2O3/c1-17(12-5-3-4-6-13(12)19-2)14(18)15(11-16)7-9-20-10-8-15/h3-6H,7-10H2,1-2H3. The first kappa shape index (κ1) is 14.4. The first-order chi connectivity index (χ1) is 9.64. The lowest BCUT2D eigenvalue weighted by atomic mass is 9.80. The fourth-order valence-corrected chi connectivity index (χ4v) is 2.43. The van der Waals surface area contributed by atoms with Crippen molar-refractivity contribution in [2.24, 2.45) is 5.41 Å². The molecule has 0 bridgehead atoms. The van der Waals surface area contributed by atoms with E-state index in [0.717, 1.165) is 0 Å². The van der Waals surface area contributed by atoms with Crippen LogP contribution in [0.4, 0.5) is 5.69 Å². The topological polar surface area (TPSA) is 62.6 Å². The molecule has 2 rings (SSSR count). The quantitative estimate of drug-likeness (QED) is 0.845. The average Bonchev–Trinajstić information content (AvgIpc) is 2.54. The fourth-order valence-electron chi connectivity index (χ4n) is 2.43. The van der Waals surface area contributed by atoms with E-state index in [0.29, 0.717) is 37.5 Å². The van der Waals surface area contributed by atoms with E-state index in [2.05, 4.69) is 6.07 Å². The van der Waals surface area contributed by atoms with Gasteiger partial charge in [0, 0.05) is 20.3 Å². The van der Waals surface area contributed by atoms with Gasteiger partial charge in [-0.05, 0) is 25.0 Å². The number of hydrogen-bond donors (Lipinski definition) is 0. The predicted molar refractivity (Wildman–Crippen MR) is 74.5 cm³/mol. The summed E-state index contributed by atoms with van der Waals surface area (Å²) in [5, 5.41) is 9.45. The lowest BCUT2D eigenvalue weighted by Gasteiger charge is -2.33. The summed E-state index contributed by atoms with van der Waals surface area (Å²) in [6.07, 6.45) is 0.865. The molecular formula is C15H18N2O3. The second-order valence-electron chi connectivity index (χ2n) is 4.84. The largest absolute Gasteiger partial charge is 0.495 e. The summed E-state index contributed by atoms with van der Waals surface area (Å²) in [6, 6.07) is 9.47. The van der Waals surface area contributed by atoms with E-state index in [-0.39, 0.29) is 5.91 Å². The molecule has 1 aromatic carbocycles. The fraction of sp³-hybridized carbons (Fsp3) is 0.467. The Hall–Kier alpha value is -2.06. The van der Waals surface area contributed by atoms with Crippen LogP contribution >= 0.6 is 0 Å². The number of anilines is 1. The molecule has 0 atom stereocenters. The van der Waals surface area contributed by atoms with Crippen LogP contribution in [-0.2, 0) is 9.53 Å². The molecule has 0 saturated carbocycles. The minimum Gasteiger partial charge on any atom is -0.495 e. The van der Waals surface area contributed by atoms with Gasteiger partial charge in [0.2, 0.25) is 5.91 Å². The van der Waals surface area contributed by atoms with Crippen molar-refractivity contribution in [3.8, 4) is 11.8 Å². The van der Waals surface area contributed by atoms with E-state index in [1.54, 1.807) is 26.3 Å². The Morgan fingerprint density at radius 2 is 2.05 bits per heavy atom. The third-order valence-electron chi connectivity index (χ3n) is 3.72. The zero-order valence-electron chi connectivity index (χ0n) is 11.8. The van der Waals surface area contributed by atoms with E-state index in [1.165, 1.54) is 4.90 Å². The Kier molecular flexibility index (Phi) is 4.26. The Morgan fingerprint density at radius 3 is 2.65 bits per heavy atom. The van der Waals surface area contributed by atoms with Crippen LogP contribution in [0.25, 0.3) is 0 Å². The van der Waals surface area contributed by atoms with Gasteiger partial charge < -0.3 is 14.4 Å². The van der Waals surface area contributed by atoms with Crippen LogP contribution in [0.15, 0.2) is 24.3 Å². The smallest absolute Gasteiger partial charge is 0.247 e. The van der Waals surface area contributed by atoms with Crippen LogP contribution in [-0.4, -0.2) is 33.3 Å². The number of amides is 1. The van der Waals surface area contributed by atoms with Gasteiger partial charge in [-0.1, -0.05) is 12.1 Å². The molecule has 0 aliphatic carbocycles. The van der Waals surface area contributed by atoms with Crippen molar-refractivity contribution in [1.29, 1.82) is 5.26 Å². The highest BCUT2D eigenvalue weighted by atomic mass is 16.5. The molecule has 1 saturated heterocycles. The molecule has 1 aromatic rings. The lowest BCUT2D eigenvalue weighted by Crippen LogP contribution is -2.44. The van der Waals surface area contributed by atoms with E-state index in [1.807, 2.05) is 12.1 Å². The zero-order valence-corrected chi connectivity index (χ0v) is 11.8. The molecule has 5 heteroatoms. The first-order valence-electron chi connectivity index (χ1n) is 6.55. The van der Waals surface area contributed by atoms with Crippen molar-refractivity contribution in [3.05, 3.63) is 24.3 Å². The number of carbonyl (C=O) groups excluding carboxylic acids is 1. The highest BCUT2D eigenvalue weighted by Gasteiger charge is 2.42. The van der Waals surface area contributed by atoms with Gasteiger partial charge in [-0.15, -0.1) is 0 Å². The third kappa shape index (κ3) is 2.47. The second-order valence-corrected chi connectivity index (χ2v) is 4.84. The summed E-state index contributed by atoms with van der Waals surface area (Å²) in [6.45, 7) is 0.887. The van der Waals surface area contributed by atoms with Gasteiger partial charge in [-0.3, -0.25) is 4.79 Å². The van der Waals surface area contributed by atoms with Gasteiger partial charge >= 0.3 is 0 Å². The van der Waals surface area contributed by atoms with Crippen molar-refractivity contribution < 1.29 is 14.3 Å². The second kappa shape index (κ2) is 5.93. The van der Waals surface area contributed by atoms with Crippen molar-refractivity contribution >= 4 is 11.6 Å². The molecule has 106 valence electrons. The molecule has 1 aliphatic heterocycles. The maximum absolute atomic E-state index is 12.7.